The van der Waals surface area contributed by atoms with Gasteiger partial charge in [-0.3, -0.25) is 19.3 Å². The molecule has 1 heterocycles. The minimum atomic E-state index is -0.269. The molecule has 1 saturated heterocycles. The normalized spacial score (nSPS) is 32.0. The van der Waals surface area contributed by atoms with Crippen LogP contribution in [0.5, 0.6) is 5.75 Å². The van der Waals surface area contributed by atoms with Gasteiger partial charge in [-0.1, -0.05) is 18.2 Å². The van der Waals surface area contributed by atoms with Crippen molar-refractivity contribution in [3.8, 4) is 5.75 Å². The number of carbonyl (C=O) groups excluding carboxylic acids is 3. The zero-order valence-electron chi connectivity index (χ0n) is 17.0. The second-order valence-corrected chi connectivity index (χ2v) is 8.90. The number of carbonyl (C=O) groups is 3. The van der Waals surface area contributed by atoms with Gasteiger partial charge in [0.2, 0.25) is 11.8 Å². The van der Waals surface area contributed by atoms with Gasteiger partial charge in [0.1, 0.15) is 5.75 Å². The van der Waals surface area contributed by atoms with Gasteiger partial charge in [-0.15, -0.1) is 0 Å². The van der Waals surface area contributed by atoms with Crippen LogP contribution in [0.1, 0.15) is 16.8 Å². The smallest absolute Gasteiger partial charge is 0.255 e. The maximum Gasteiger partial charge on any atom is 0.255 e. The van der Waals surface area contributed by atoms with Gasteiger partial charge < -0.3 is 10.1 Å². The highest BCUT2D eigenvalue weighted by Gasteiger charge is 2.67. The van der Waals surface area contributed by atoms with Crippen LogP contribution in [0.4, 0.5) is 11.4 Å². The van der Waals surface area contributed by atoms with Crippen LogP contribution in [-0.2, 0) is 9.59 Å². The quantitative estimate of drug-likeness (QED) is 0.614. The molecule has 6 heteroatoms. The van der Waals surface area contributed by atoms with Crippen molar-refractivity contribution in [1.82, 2.24) is 0 Å². The first-order valence-electron chi connectivity index (χ1n) is 10.7. The zero-order valence-corrected chi connectivity index (χ0v) is 17.0. The molecular weight excluding hydrogens is 392 g/mol. The van der Waals surface area contributed by atoms with Crippen LogP contribution in [0.25, 0.3) is 0 Å². The predicted octanol–water partition coefficient (Wildman–Crippen LogP) is 3.51. The molecule has 0 spiro atoms. The van der Waals surface area contributed by atoms with Crippen LogP contribution in [0.15, 0.2) is 60.7 Å². The Labute approximate surface area is 179 Å². The van der Waals surface area contributed by atoms with Gasteiger partial charge in [-0.05, 0) is 66.5 Å². The third kappa shape index (κ3) is 2.67. The molecule has 0 radical (unpaired) electrons. The molecule has 7 rings (SSSR count). The summed E-state index contributed by atoms with van der Waals surface area (Å²) in [6.07, 6.45) is 5.48. The molecule has 6 atom stereocenters. The Hall–Kier alpha value is -3.41. The van der Waals surface area contributed by atoms with Gasteiger partial charge in [0.25, 0.3) is 5.91 Å². The van der Waals surface area contributed by atoms with E-state index in [0.29, 0.717) is 34.5 Å². The van der Waals surface area contributed by atoms with E-state index in [9.17, 15) is 14.4 Å². The molecule has 6 nitrogen and oxygen atoms in total. The number of allylic oxidation sites excluding steroid dienone is 2. The summed E-state index contributed by atoms with van der Waals surface area (Å²) in [6.45, 7) is 0. The number of rotatable bonds is 4. The number of nitrogens with one attached hydrogen (secondary N) is 1. The second kappa shape index (κ2) is 6.54. The molecule has 0 unspecified atom stereocenters. The van der Waals surface area contributed by atoms with Crippen LogP contribution in [0, 0.1) is 35.5 Å². The Morgan fingerprint density at radius 1 is 0.968 bits per heavy atom. The van der Waals surface area contributed by atoms with E-state index in [1.54, 1.807) is 55.6 Å². The van der Waals surface area contributed by atoms with E-state index in [-0.39, 0.29) is 41.4 Å². The number of imide groups is 1. The average Bonchev–Trinajstić information content (AvgIpc) is 3.57. The summed E-state index contributed by atoms with van der Waals surface area (Å²) in [5.74, 6) is 1.33. The van der Waals surface area contributed by atoms with Crippen LogP contribution in [0.2, 0.25) is 0 Å². The minimum absolute atomic E-state index is 0.0896. The summed E-state index contributed by atoms with van der Waals surface area (Å²) in [6, 6.07) is 13.8. The van der Waals surface area contributed by atoms with Crippen LogP contribution >= 0.6 is 0 Å². The molecule has 1 aliphatic heterocycles. The third-order valence-electron chi connectivity index (χ3n) is 7.38. The maximum atomic E-state index is 13.2. The first-order valence-corrected chi connectivity index (χ1v) is 10.7. The van der Waals surface area contributed by atoms with E-state index in [1.807, 2.05) is 0 Å². The Morgan fingerprint density at radius 3 is 2.23 bits per heavy atom. The van der Waals surface area contributed by atoms with Crippen molar-refractivity contribution in [2.75, 3.05) is 17.3 Å². The summed E-state index contributed by atoms with van der Waals surface area (Å²) in [5.41, 5.74) is 1.62. The number of hydrogen-bond donors (Lipinski definition) is 1. The van der Waals surface area contributed by atoms with E-state index < -0.39 is 0 Å². The van der Waals surface area contributed by atoms with E-state index >= 15 is 0 Å². The fraction of sp³-hybridized carbons (Fsp3) is 0.320. The van der Waals surface area contributed by atoms with E-state index in [2.05, 4.69) is 17.5 Å². The van der Waals surface area contributed by atoms with Gasteiger partial charge in [0.05, 0.1) is 24.6 Å². The molecule has 3 amide bonds. The lowest BCUT2D eigenvalue weighted by molar-refractivity contribution is -0.124. The summed E-state index contributed by atoms with van der Waals surface area (Å²) in [5, 5.41) is 2.84. The molecule has 2 aromatic rings. The second-order valence-electron chi connectivity index (χ2n) is 8.90. The van der Waals surface area contributed by atoms with Gasteiger partial charge >= 0.3 is 0 Å². The largest absolute Gasteiger partial charge is 0.497 e. The summed E-state index contributed by atoms with van der Waals surface area (Å²) < 4.78 is 5.18. The Bertz CT molecular complexity index is 1100. The van der Waals surface area contributed by atoms with Crippen LogP contribution in [-0.4, -0.2) is 24.8 Å². The Kier molecular flexibility index (Phi) is 3.88. The fourth-order valence-corrected chi connectivity index (χ4v) is 5.88. The predicted molar refractivity (Wildman–Crippen MR) is 115 cm³/mol. The number of hydrogen-bond acceptors (Lipinski definition) is 4. The highest BCUT2D eigenvalue weighted by molar-refractivity contribution is 6.22. The van der Waals surface area contributed by atoms with Crippen molar-refractivity contribution in [2.24, 2.45) is 35.5 Å². The number of benzene rings is 2. The highest BCUT2D eigenvalue weighted by atomic mass is 16.5. The number of amides is 3. The number of anilines is 2. The first-order chi connectivity index (χ1) is 15.1. The van der Waals surface area contributed by atoms with E-state index in [4.69, 9.17) is 4.74 Å². The number of methoxy groups -OCH3 is 1. The van der Waals surface area contributed by atoms with Crippen molar-refractivity contribution >= 4 is 29.1 Å². The topological polar surface area (TPSA) is 75.7 Å². The molecule has 2 aromatic carbocycles. The van der Waals surface area contributed by atoms with Crippen molar-refractivity contribution in [3.63, 3.8) is 0 Å². The molecule has 2 bridgehead atoms. The molecule has 1 N–H and O–H groups in total. The van der Waals surface area contributed by atoms with E-state index in [1.165, 1.54) is 4.90 Å². The van der Waals surface area contributed by atoms with Crippen molar-refractivity contribution in [1.29, 1.82) is 0 Å². The first kappa shape index (κ1) is 18.4. The molecule has 156 valence electrons. The van der Waals surface area contributed by atoms with Crippen molar-refractivity contribution < 1.29 is 19.1 Å². The molecular formula is C25H22N2O4. The molecule has 31 heavy (non-hydrogen) atoms. The maximum absolute atomic E-state index is 13.2. The standard InChI is InChI=1S/C25H22N2O4/c1-31-16-4-2-3-14(11-16)26-23(28)13-5-7-15(8-6-13)27-24(29)21-17-9-10-18(20-12-19(17)20)22(21)25(27)30/h2-11,17-22H,12H2,1H3,(H,26,28)/t17-,18-,19-,20+,21+,22+/m0/s1. The van der Waals surface area contributed by atoms with Gasteiger partial charge in [-0.25, -0.2) is 0 Å². The molecule has 2 saturated carbocycles. The molecule has 5 aliphatic rings. The lowest BCUT2D eigenvalue weighted by Crippen LogP contribution is -2.40. The van der Waals surface area contributed by atoms with Crippen LogP contribution in [0.3, 0.4) is 0 Å². The average molecular weight is 414 g/mol. The lowest BCUT2D eigenvalue weighted by atomic mass is 9.63. The highest BCUT2D eigenvalue weighted by Crippen LogP contribution is 2.65. The zero-order chi connectivity index (χ0) is 21.3. The number of ether oxygens (including phenoxy) is 1. The van der Waals surface area contributed by atoms with Gasteiger partial charge in [-0.2, -0.15) is 0 Å². The molecule has 3 fully saturated rings. The van der Waals surface area contributed by atoms with Crippen molar-refractivity contribution in [2.45, 2.75) is 6.42 Å². The van der Waals surface area contributed by atoms with Crippen molar-refractivity contribution in [3.05, 3.63) is 66.2 Å². The molecule has 0 aromatic heterocycles. The summed E-state index contributed by atoms with van der Waals surface area (Å²) >= 11 is 0. The van der Waals surface area contributed by atoms with Gasteiger partial charge in [0, 0.05) is 17.3 Å². The monoisotopic (exact) mass is 414 g/mol. The van der Waals surface area contributed by atoms with Gasteiger partial charge in [0.15, 0.2) is 0 Å². The minimum Gasteiger partial charge on any atom is -0.497 e. The third-order valence-corrected chi connectivity index (χ3v) is 7.38. The fourth-order valence-electron chi connectivity index (χ4n) is 5.88. The lowest BCUT2D eigenvalue weighted by Gasteiger charge is -2.37. The summed E-state index contributed by atoms with van der Waals surface area (Å²) in [4.78, 5) is 40.4. The Balaban J connectivity index is 1.22. The van der Waals surface area contributed by atoms with Crippen LogP contribution < -0.4 is 15.0 Å². The Morgan fingerprint density at radius 2 is 1.61 bits per heavy atom. The number of nitrogens with zero attached hydrogens (tertiary/aromatic N) is 1. The van der Waals surface area contributed by atoms with E-state index in [0.717, 1.165) is 6.42 Å². The summed E-state index contributed by atoms with van der Waals surface area (Å²) in [7, 11) is 1.57. The molecule has 4 aliphatic carbocycles. The SMILES string of the molecule is COc1cccc(NC(=O)c2ccc(N3C(=O)[C@@H]4[C@H]5C=C[C@@H]([C@@H]6C[C@H]56)[C@H]4C3=O)cc2)c1.